The summed E-state index contributed by atoms with van der Waals surface area (Å²) in [4.78, 5) is 28.7. The molecule has 6 heteroatoms. The van der Waals surface area contributed by atoms with E-state index in [2.05, 4.69) is 15.3 Å². The molecule has 2 rings (SSSR count). The van der Waals surface area contributed by atoms with Crippen LogP contribution in [0.1, 0.15) is 19.4 Å². The molecule has 0 saturated carbocycles. The van der Waals surface area contributed by atoms with Gasteiger partial charge in [0.25, 0.3) is 0 Å². The molecular weight excluding hydrogens is 246 g/mol. The summed E-state index contributed by atoms with van der Waals surface area (Å²) in [5, 5.41) is 10.9. The molecule has 0 atom stereocenters. The molecule has 0 aliphatic heterocycles. The minimum absolute atomic E-state index is 0.248. The number of aromatic nitrogens is 2. The molecule has 0 spiro atoms. The van der Waals surface area contributed by atoms with Crippen molar-refractivity contribution in [2.75, 3.05) is 6.54 Å². The Morgan fingerprint density at radius 3 is 2.84 bits per heavy atom. The first kappa shape index (κ1) is 13.1. The summed E-state index contributed by atoms with van der Waals surface area (Å²) < 4.78 is 0. The van der Waals surface area contributed by atoms with E-state index < -0.39 is 11.9 Å². The van der Waals surface area contributed by atoms with Gasteiger partial charge < -0.3 is 15.4 Å². The zero-order valence-corrected chi connectivity index (χ0v) is 10.7. The van der Waals surface area contributed by atoms with Crippen molar-refractivity contribution in [1.82, 2.24) is 15.3 Å². The summed E-state index contributed by atoms with van der Waals surface area (Å²) in [5.41, 5.74) is 2.41. The van der Waals surface area contributed by atoms with Gasteiger partial charge in [0.2, 0.25) is 0 Å². The zero-order valence-electron chi connectivity index (χ0n) is 10.7. The quantitative estimate of drug-likeness (QED) is 0.719. The molecule has 1 aromatic carbocycles. The number of carboxylic acid groups (broad SMARTS) is 1. The number of aliphatic carboxylic acids is 1. The highest BCUT2D eigenvalue weighted by Gasteiger charge is 2.23. The van der Waals surface area contributed by atoms with E-state index in [1.165, 1.54) is 0 Å². The third-order valence-electron chi connectivity index (χ3n) is 3.09. The molecule has 0 aliphatic carbocycles. The van der Waals surface area contributed by atoms with Crippen LogP contribution in [0.15, 0.2) is 24.5 Å². The Balaban J connectivity index is 2.18. The summed E-state index contributed by atoms with van der Waals surface area (Å²) in [7, 11) is 0. The molecule has 100 valence electrons. The largest absolute Gasteiger partial charge is 0.474 e. The topological polar surface area (TPSA) is 95.1 Å². The number of H-pyrrole nitrogens is 1. The molecule has 0 radical (unpaired) electrons. The maximum atomic E-state index is 11.1. The lowest BCUT2D eigenvalue weighted by molar-refractivity contribution is -0.150. The van der Waals surface area contributed by atoms with Crippen LogP contribution in [-0.2, 0) is 15.0 Å². The number of amides is 1. The van der Waals surface area contributed by atoms with Gasteiger partial charge in [-0.15, -0.1) is 0 Å². The number of benzene rings is 1. The van der Waals surface area contributed by atoms with E-state index in [1.807, 2.05) is 32.0 Å². The van der Waals surface area contributed by atoms with Crippen molar-refractivity contribution in [3.8, 4) is 0 Å². The van der Waals surface area contributed by atoms with Gasteiger partial charge in [0, 0.05) is 12.0 Å². The number of nitrogens with zero attached hydrogens (tertiary/aromatic N) is 1. The Hall–Kier alpha value is -2.37. The third-order valence-corrected chi connectivity index (χ3v) is 3.09. The van der Waals surface area contributed by atoms with E-state index in [4.69, 9.17) is 5.11 Å². The van der Waals surface area contributed by atoms with Gasteiger partial charge in [0.05, 0.1) is 17.4 Å². The van der Waals surface area contributed by atoms with Gasteiger partial charge in [-0.3, -0.25) is 4.79 Å². The molecule has 0 bridgehead atoms. The Morgan fingerprint density at radius 2 is 2.16 bits per heavy atom. The van der Waals surface area contributed by atoms with Crippen LogP contribution in [0, 0.1) is 0 Å². The van der Waals surface area contributed by atoms with Crippen LogP contribution < -0.4 is 5.32 Å². The van der Waals surface area contributed by atoms with Crippen molar-refractivity contribution in [1.29, 1.82) is 0 Å². The van der Waals surface area contributed by atoms with Crippen molar-refractivity contribution in [3.63, 3.8) is 0 Å². The Kier molecular flexibility index (Phi) is 3.25. The van der Waals surface area contributed by atoms with Crippen LogP contribution in [0.25, 0.3) is 11.0 Å². The van der Waals surface area contributed by atoms with Gasteiger partial charge >= 0.3 is 11.9 Å². The van der Waals surface area contributed by atoms with Gasteiger partial charge in [0.15, 0.2) is 0 Å². The number of carbonyl (C=O) groups excluding carboxylic acids is 1. The lowest BCUT2D eigenvalue weighted by atomic mass is 9.84. The Bertz CT molecular complexity index is 631. The number of rotatable bonds is 3. The van der Waals surface area contributed by atoms with Crippen molar-refractivity contribution in [2.45, 2.75) is 19.3 Å². The van der Waals surface area contributed by atoms with Crippen molar-refractivity contribution < 1.29 is 14.7 Å². The van der Waals surface area contributed by atoms with Crippen LogP contribution in [-0.4, -0.2) is 33.5 Å². The van der Waals surface area contributed by atoms with Gasteiger partial charge in [-0.2, -0.15) is 0 Å². The van der Waals surface area contributed by atoms with Crippen LogP contribution in [0.5, 0.6) is 0 Å². The smallest absolute Gasteiger partial charge is 0.394 e. The highest BCUT2D eigenvalue weighted by molar-refractivity contribution is 6.31. The number of hydrogen-bond donors (Lipinski definition) is 3. The molecule has 19 heavy (non-hydrogen) atoms. The van der Waals surface area contributed by atoms with Crippen molar-refractivity contribution >= 4 is 22.9 Å². The number of aromatic amines is 1. The standard InChI is InChI=1S/C13H15N3O3/c1-13(2,6-14-11(17)12(18)19)8-3-4-9-10(5-8)16-7-15-9/h3-5,7H,6H2,1-2H3,(H,14,17)(H,15,16)(H,18,19). The number of imidazole rings is 1. The molecule has 1 amide bonds. The highest BCUT2D eigenvalue weighted by Crippen LogP contribution is 2.24. The molecule has 0 fully saturated rings. The number of carboxylic acids is 1. The predicted molar refractivity (Wildman–Crippen MR) is 69.8 cm³/mol. The summed E-state index contributed by atoms with van der Waals surface area (Å²) in [6.07, 6.45) is 1.62. The van der Waals surface area contributed by atoms with E-state index in [9.17, 15) is 9.59 Å². The number of nitrogens with one attached hydrogen (secondary N) is 2. The lowest BCUT2D eigenvalue weighted by Gasteiger charge is -2.25. The maximum Gasteiger partial charge on any atom is 0.394 e. The second-order valence-corrected chi connectivity index (χ2v) is 5.01. The lowest BCUT2D eigenvalue weighted by Crippen LogP contribution is -2.39. The molecule has 6 nitrogen and oxygen atoms in total. The summed E-state index contributed by atoms with van der Waals surface area (Å²) in [6, 6.07) is 5.77. The fourth-order valence-electron chi connectivity index (χ4n) is 1.84. The zero-order chi connectivity index (χ0) is 14.0. The summed E-state index contributed by atoms with van der Waals surface area (Å²) in [5.74, 6) is -2.46. The highest BCUT2D eigenvalue weighted by atomic mass is 16.4. The fourth-order valence-corrected chi connectivity index (χ4v) is 1.84. The molecule has 0 saturated heterocycles. The molecule has 1 aromatic heterocycles. The maximum absolute atomic E-state index is 11.1. The van der Waals surface area contributed by atoms with E-state index in [1.54, 1.807) is 6.33 Å². The molecule has 0 unspecified atom stereocenters. The number of carbonyl (C=O) groups is 2. The second kappa shape index (κ2) is 4.72. The first-order valence-electron chi connectivity index (χ1n) is 5.85. The molecular formula is C13H15N3O3. The van der Waals surface area contributed by atoms with E-state index >= 15 is 0 Å². The van der Waals surface area contributed by atoms with E-state index in [0.717, 1.165) is 16.6 Å². The van der Waals surface area contributed by atoms with Gasteiger partial charge in [-0.05, 0) is 17.7 Å². The monoisotopic (exact) mass is 261 g/mol. The van der Waals surface area contributed by atoms with Crippen molar-refractivity contribution in [3.05, 3.63) is 30.1 Å². The minimum Gasteiger partial charge on any atom is -0.474 e. The predicted octanol–water partition coefficient (Wildman–Crippen LogP) is 1.04. The molecule has 3 N–H and O–H groups in total. The number of fused-ring (bicyclic) bond motifs is 1. The van der Waals surface area contributed by atoms with Crippen LogP contribution in [0.4, 0.5) is 0 Å². The Labute approximate surface area is 109 Å². The first-order chi connectivity index (χ1) is 8.90. The second-order valence-electron chi connectivity index (χ2n) is 5.01. The van der Waals surface area contributed by atoms with Gasteiger partial charge in [-0.1, -0.05) is 19.9 Å². The average molecular weight is 261 g/mol. The van der Waals surface area contributed by atoms with Crippen LogP contribution in [0.2, 0.25) is 0 Å². The normalized spacial score (nSPS) is 11.5. The van der Waals surface area contributed by atoms with Crippen LogP contribution in [0.3, 0.4) is 0 Å². The SMILES string of the molecule is CC(C)(CNC(=O)C(=O)O)c1ccc2nc[nH]c2c1. The summed E-state index contributed by atoms with van der Waals surface area (Å²) in [6.45, 7) is 4.12. The van der Waals surface area contributed by atoms with E-state index in [0.29, 0.717) is 0 Å². The van der Waals surface area contributed by atoms with Crippen molar-refractivity contribution in [2.24, 2.45) is 0 Å². The molecule has 1 heterocycles. The molecule has 0 aliphatic rings. The van der Waals surface area contributed by atoms with Gasteiger partial charge in [0.1, 0.15) is 0 Å². The number of hydrogen-bond acceptors (Lipinski definition) is 3. The van der Waals surface area contributed by atoms with Crippen LogP contribution >= 0.6 is 0 Å². The Morgan fingerprint density at radius 1 is 1.42 bits per heavy atom. The third kappa shape index (κ3) is 2.73. The fraction of sp³-hybridized carbons (Fsp3) is 0.308. The summed E-state index contributed by atoms with van der Waals surface area (Å²) >= 11 is 0. The minimum atomic E-state index is -1.47. The van der Waals surface area contributed by atoms with Gasteiger partial charge in [-0.25, -0.2) is 9.78 Å². The average Bonchev–Trinajstić information content (AvgIpc) is 2.82. The van der Waals surface area contributed by atoms with E-state index in [-0.39, 0.29) is 12.0 Å². The first-order valence-corrected chi connectivity index (χ1v) is 5.85. The molecule has 2 aromatic rings.